The molecule has 0 saturated heterocycles. The fraction of sp³-hybridized carbons (Fsp3) is 0.421. The summed E-state index contributed by atoms with van der Waals surface area (Å²) in [5.41, 5.74) is 8.97. The summed E-state index contributed by atoms with van der Waals surface area (Å²) in [6.07, 6.45) is 10.9. The molecule has 0 fully saturated rings. The molecule has 0 bridgehead atoms. The molecule has 0 unspecified atom stereocenters. The largest absolute Gasteiger partial charge is 2.00 e. The quantitative estimate of drug-likeness (QED) is 0.190. The Balaban J connectivity index is 0.000000190. The van der Waals surface area contributed by atoms with E-state index in [0.717, 1.165) is 11.1 Å². The number of benzene rings is 2. The average Bonchev–Trinajstić information content (AvgIpc) is 3.59. The number of rotatable bonds is 0. The Morgan fingerprint density at radius 1 is 0.537 bits per heavy atom. The topological polar surface area (TPSA) is 40.5 Å². The predicted octanol–water partition coefficient (Wildman–Crippen LogP) is 9.95. The van der Waals surface area contributed by atoms with Crippen LogP contribution in [-0.2, 0) is 62.7 Å². The molecule has 2 aliphatic carbocycles. The SMILES string of the molecule is CC(C)(C)c1cccc(O)c1.CC(C)(C)c1cccc(O)c1.[Zr+2].c1cc2c([cH-]1)CCCC2.c1cc2c([cH-]1)CCCC2. The van der Waals surface area contributed by atoms with Crippen LogP contribution in [0.4, 0.5) is 0 Å². The third-order valence-electron chi connectivity index (χ3n) is 7.72. The van der Waals surface area contributed by atoms with Gasteiger partial charge in [-0.3, -0.25) is 0 Å². The summed E-state index contributed by atoms with van der Waals surface area (Å²) in [6.45, 7) is 12.8. The second-order valence-electron chi connectivity index (χ2n) is 13.2. The minimum atomic E-state index is 0. The Labute approximate surface area is 268 Å². The summed E-state index contributed by atoms with van der Waals surface area (Å²) in [5.74, 6) is 0.690. The molecule has 0 amide bonds. The van der Waals surface area contributed by atoms with Crippen LogP contribution in [0.5, 0.6) is 11.5 Å². The molecule has 0 saturated carbocycles. The van der Waals surface area contributed by atoms with E-state index in [-0.39, 0.29) is 37.0 Å². The molecule has 2 aliphatic rings. The van der Waals surface area contributed by atoms with Crippen molar-refractivity contribution in [3.8, 4) is 11.5 Å². The van der Waals surface area contributed by atoms with E-state index in [1.54, 1.807) is 46.5 Å². The summed E-state index contributed by atoms with van der Waals surface area (Å²) in [7, 11) is 0. The number of fused-ring (bicyclic) bond motifs is 2. The van der Waals surface area contributed by atoms with Gasteiger partial charge in [0.05, 0.1) is 0 Å². The second kappa shape index (κ2) is 16.3. The van der Waals surface area contributed by atoms with Crippen molar-refractivity contribution in [2.75, 3.05) is 0 Å². The van der Waals surface area contributed by atoms with Gasteiger partial charge in [0.2, 0.25) is 0 Å². The van der Waals surface area contributed by atoms with Gasteiger partial charge in [0, 0.05) is 0 Å². The van der Waals surface area contributed by atoms with E-state index in [1.165, 1.54) is 51.4 Å². The molecule has 6 rings (SSSR count). The van der Waals surface area contributed by atoms with Gasteiger partial charge < -0.3 is 10.2 Å². The standard InChI is InChI=1S/2C10H14O.2C9H11.Zr/c2*1-10(2,3)8-5-4-6-9(11)7-8;2*1-2-5-9-7-3-6-8(9)4-1;/h2*4-7,11H,1-3H3;2*3,6-7H,1-2,4-5H2;/q;;2*-1;+2. The van der Waals surface area contributed by atoms with Crippen molar-refractivity contribution in [2.24, 2.45) is 0 Å². The maximum atomic E-state index is 9.18. The number of phenolic OH excluding ortho intramolecular Hbond substituents is 2. The number of hydrogen-bond acceptors (Lipinski definition) is 2. The fourth-order valence-electron chi connectivity index (χ4n) is 5.17. The Bertz CT molecular complexity index is 1150. The number of phenols is 2. The second-order valence-corrected chi connectivity index (χ2v) is 13.2. The van der Waals surface area contributed by atoms with E-state index in [4.69, 9.17) is 0 Å². The van der Waals surface area contributed by atoms with Crippen molar-refractivity contribution < 1.29 is 36.4 Å². The smallest absolute Gasteiger partial charge is 0.508 e. The first-order valence-corrected chi connectivity index (χ1v) is 15.0. The van der Waals surface area contributed by atoms with Gasteiger partial charge in [0.15, 0.2) is 0 Å². The van der Waals surface area contributed by atoms with Crippen molar-refractivity contribution in [3.05, 3.63) is 118 Å². The van der Waals surface area contributed by atoms with E-state index in [1.807, 2.05) is 24.3 Å². The molecule has 0 aromatic heterocycles. The van der Waals surface area contributed by atoms with E-state index in [0.29, 0.717) is 11.5 Å². The molecule has 41 heavy (non-hydrogen) atoms. The molecule has 4 aromatic carbocycles. The van der Waals surface area contributed by atoms with Crippen molar-refractivity contribution in [1.29, 1.82) is 0 Å². The summed E-state index contributed by atoms with van der Waals surface area (Å²) in [4.78, 5) is 0. The molecule has 3 heteroatoms. The summed E-state index contributed by atoms with van der Waals surface area (Å²) in [5, 5.41) is 18.4. The third kappa shape index (κ3) is 11.8. The zero-order valence-electron chi connectivity index (χ0n) is 26.1. The zero-order valence-corrected chi connectivity index (χ0v) is 28.6. The van der Waals surface area contributed by atoms with Crippen LogP contribution in [0, 0.1) is 0 Å². The van der Waals surface area contributed by atoms with Crippen LogP contribution >= 0.6 is 0 Å². The Kier molecular flexibility index (Phi) is 13.9. The molecule has 2 nitrogen and oxygen atoms in total. The summed E-state index contributed by atoms with van der Waals surface area (Å²) >= 11 is 0. The number of hydrogen-bond donors (Lipinski definition) is 2. The minimum Gasteiger partial charge on any atom is -0.508 e. The molecule has 0 atom stereocenters. The summed E-state index contributed by atoms with van der Waals surface area (Å²) in [6, 6.07) is 28.2. The van der Waals surface area contributed by atoms with Crippen molar-refractivity contribution >= 4 is 0 Å². The molecule has 0 heterocycles. The van der Waals surface area contributed by atoms with Gasteiger partial charge in [-0.05, 0) is 46.2 Å². The van der Waals surface area contributed by atoms with Gasteiger partial charge in [0.1, 0.15) is 11.5 Å². The van der Waals surface area contributed by atoms with Crippen LogP contribution in [0.1, 0.15) is 101 Å². The molecule has 2 N–H and O–H groups in total. The first-order chi connectivity index (χ1) is 18.9. The average molecular weight is 630 g/mol. The number of aromatic hydroxyl groups is 2. The molecule has 0 radical (unpaired) electrons. The first-order valence-electron chi connectivity index (χ1n) is 15.0. The third-order valence-corrected chi connectivity index (χ3v) is 7.72. The zero-order chi connectivity index (χ0) is 29.2. The molecule has 218 valence electrons. The molecule has 0 aliphatic heterocycles. The van der Waals surface area contributed by atoms with Gasteiger partial charge in [-0.2, -0.15) is 46.5 Å². The monoisotopic (exact) mass is 628 g/mol. The Morgan fingerprint density at radius 2 is 0.902 bits per heavy atom. The predicted molar refractivity (Wildman–Crippen MR) is 171 cm³/mol. The molecule has 0 spiro atoms. The van der Waals surface area contributed by atoms with E-state index in [9.17, 15) is 10.2 Å². The van der Waals surface area contributed by atoms with Gasteiger partial charge in [-0.15, -0.1) is 0 Å². The van der Waals surface area contributed by atoms with Crippen LogP contribution < -0.4 is 0 Å². The normalized spacial score (nSPS) is 13.8. The van der Waals surface area contributed by atoms with Gasteiger partial charge in [-0.25, -0.2) is 12.1 Å². The van der Waals surface area contributed by atoms with Crippen molar-refractivity contribution in [3.63, 3.8) is 0 Å². The first kappa shape index (κ1) is 34.8. The van der Waals surface area contributed by atoms with Gasteiger partial charge in [-0.1, -0.05) is 117 Å². The molecular formula is C38H50O2Zr. The van der Waals surface area contributed by atoms with E-state index < -0.39 is 0 Å². The van der Waals surface area contributed by atoms with E-state index >= 15 is 0 Å². The van der Waals surface area contributed by atoms with E-state index in [2.05, 4.69) is 77.9 Å². The minimum absolute atomic E-state index is 0. The maximum absolute atomic E-state index is 9.18. The fourth-order valence-corrected chi connectivity index (χ4v) is 5.17. The summed E-state index contributed by atoms with van der Waals surface area (Å²) < 4.78 is 0. The van der Waals surface area contributed by atoms with Crippen LogP contribution in [-0.4, -0.2) is 10.2 Å². The van der Waals surface area contributed by atoms with Crippen LogP contribution in [0.25, 0.3) is 0 Å². The van der Waals surface area contributed by atoms with Crippen LogP contribution in [0.15, 0.2) is 84.9 Å². The van der Waals surface area contributed by atoms with Crippen molar-refractivity contribution in [1.82, 2.24) is 0 Å². The maximum Gasteiger partial charge on any atom is 2.00 e. The Hall–Kier alpha value is -2.38. The van der Waals surface area contributed by atoms with Gasteiger partial charge >= 0.3 is 26.2 Å². The van der Waals surface area contributed by atoms with Crippen molar-refractivity contribution in [2.45, 2.75) is 104 Å². The Morgan fingerprint density at radius 3 is 1.20 bits per heavy atom. The molecule has 4 aromatic rings. The van der Waals surface area contributed by atoms with Crippen LogP contribution in [0.2, 0.25) is 0 Å². The molecular weight excluding hydrogens is 580 g/mol. The number of aryl methyl sites for hydroxylation is 4. The van der Waals surface area contributed by atoms with Gasteiger partial charge in [0.25, 0.3) is 0 Å². The van der Waals surface area contributed by atoms with Crippen LogP contribution in [0.3, 0.4) is 0 Å².